The van der Waals surface area contributed by atoms with E-state index in [0.29, 0.717) is 21.5 Å². The molecule has 1 aromatic carbocycles. The molecule has 1 aromatic heterocycles. The number of nitrogens with one attached hydrogen (secondary N) is 1. The van der Waals surface area contributed by atoms with E-state index in [4.69, 9.17) is 11.6 Å². The lowest BCUT2D eigenvalue weighted by molar-refractivity contribution is 0.630. The maximum Gasteiger partial charge on any atom is 0.152 e. The Bertz CT molecular complexity index is 592. The van der Waals surface area contributed by atoms with Gasteiger partial charge in [0.25, 0.3) is 0 Å². The summed E-state index contributed by atoms with van der Waals surface area (Å²) in [4.78, 5) is 8.39. The van der Waals surface area contributed by atoms with Crippen molar-refractivity contribution in [2.24, 2.45) is 0 Å². The van der Waals surface area contributed by atoms with Gasteiger partial charge in [-0.05, 0) is 34.5 Å². The van der Waals surface area contributed by atoms with E-state index in [1.807, 2.05) is 6.92 Å². The maximum atomic E-state index is 14.2. The minimum absolute atomic E-state index is 0.0459. The fourth-order valence-corrected chi connectivity index (χ4v) is 2.09. The van der Waals surface area contributed by atoms with Crippen molar-refractivity contribution in [3.05, 3.63) is 39.8 Å². The minimum atomic E-state index is -0.504. The van der Waals surface area contributed by atoms with Crippen LogP contribution in [0, 0.1) is 5.82 Å². The Kier molecular flexibility index (Phi) is 4.71. The van der Waals surface area contributed by atoms with Gasteiger partial charge < -0.3 is 5.32 Å². The number of nitrogens with zero attached hydrogens (tertiary/aromatic N) is 2. The van der Waals surface area contributed by atoms with Crippen molar-refractivity contribution >= 4 is 33.3 Å². The fourth-order valence-electron chi connectivity index (χ4n) is 1.62. The molecule has 2 rings (SSSR count). The summed E-state index contributed by atoms with van der Waals surface area (Å²) in [7, 11) is 0. The molecule has 100 valence electrons. The Morgan fingerprint density at radius 2 is 2.05 bits per heavy atom. The second-order valence-corrected chi connectivity index (χ2v) is 5.14. The molecule has 0 aliphatic heterocycles. The minimum Gasteiger partial charge on any atom is -0.368 e. The van der Waals surface area contributed by atoms with E-state index in [9.17, 15) is 4.39 Å². The van der Waals surface area contributed by atoms with Crippen LogP contribution in [0.25, 0.3) is 11.3 Å². The van der Waals surface area contributed by atoms with Crippen LogP contribution in [0.15, 0.2) is 29.0 Å². The normalized spacial score (nSPS) is 10.5. The van der Waals surface area contributed by atoms with Crippen LogP contribution in [0.2, 0.25) is 5.02 Å². The summed E-state index contributed by atoms with van der Waals surface area (Å²) >= 11 is 9.09. The molecule has 0 bridgehead atoms. The highest BCUT2D eigenvalue weighted by atomic mass is 79.9. The van der Waals surface area contributed by atoms with Gasteiger partial charge in [0.15, 0.2) is 11.6 Å². The topological polar surface area (TPSA) is 37.8 Å². The van der Waals surface area contributed by atoms with Gasteiger partial charge >= 0.3 is 0 Å². The molecule has 0 saturated heterocycles. The zero-order valence-electron chi connectivity index (χ0n) is 10.3. The first-order valence-corrected chi connectivity index (χ1v) is 7.01. The zero-order valence-corrected chi connectivity index (χ0v) is 12.6. The molecule has 1 heterocycles. The standard InChI is InChI=1S/C13H12BrClFN3/c1-2-5-18-13-12(17-6-7-19-13)8-3-4-9(14)10(15)11(8)16/h3-4,6-7H,2,5H2,1H3,(H,18,19). The van der Waals surface area contributed by atoms with Gasteiger partial charge in [-0.1, -0.05) is 18.5 Å². The van der Waals surface area contributed by atoms with E-state index in [-0.39, 0.29) is 5.02 Å². The van der Waals surface area contributed by atoms with E-state index >= 15 is 0 Å². The number of hydrogen-bond acceptors (Lipinski definition) is 3. The molecule has 0 unspecified atom stereocenters. The highest BCUT2D eigenvalue weighted by Crippen LogP contribution is 2.34. The van der Waals surface area contributed by atoms with Crippen LogP contribution in [-0.4, -0.2) is 16.5 Å². The van der Waals surface area contributed by atoms with Crippen LogP contribution in [-0.2, 0) is 0 Å². The van der Waals surface area contributed by atoms with Crippen molar-refractivity contribution < 1.29 is 4.39 Å². The number of anilines is 1. The third-order valence-corrected chi connectivity index (χ3v) is 3.79. The number of hydrogen-bond donors (Lipinski definition) is 1. The highest BCUT2D eigenvalue weighted by Gasteiger charge is 2.16. The monoisotopic (exact) mass is 343 g/mol. The van der Waals surface area contributed by atoms with Crippen molar-refractivity contribution in [1.29, 1.82) is 0 Å². The average molecular weight is 345 g/mol. The number of halogens is 3. The van der Waals surface area contributed by atoms with Gasteiger partial charge in [0.05, 0.1) is 5.02 Å². The number of rotatable bonds is 4. The van der Waals surface area contributed by atoms with Crippen molar-refractivity contribution in [2.75, 3.05) is 11.9 Å². The zero-order chi connectivity index (χ0) is 13.8. The van der Waals surface area contributed by atoms with Gasteiger partial charge in [-0.3, -0.25) is 4.98 Å². The molecule has 0 amide bonds. The smallest absolute Gasteiger partial charge is 0.152 e. The molecule has 6 heteroatoms. The fraction of sp³-hybridized carbons (Fsp3) is 0.231. The summed E-state index contributed by atoms with van der Waals surface area (Å²) in [6.07, 6.45) is 4.04. The Morgan fingerprint density at radius 3 is 2.79 bits per heavy atom. The van der Waals surface area contributed by atoms with Crippen LogP contribution in [0.5, 0.6) is 0 Å². The second-order valence-electron chi connectivity index (χ2n) is 3.90. The highest BCUT2D eigenvalue weighted by molar-refractivity contribution is 9.10. The van der Waals surface area contributed by atoms with Crippen LogP contribution in [0.3, 0.4) is 0 Å². The third-order valence-electron chi connectivity index (χ3n) is 2.53. The Labute approximate surface area is 124 Å². The average Bonchev–Trinajstić information content (AvgIpc) is 2.43. The molecule has 3 nitrogen and oxygen atoms in total. The molecule has 0 aliphatic rings. The molecular formula is C13H12BrClFN3. The largest absolute Gasteiger partial charge is 0.368 e. The Hall–Kier alpha value is -1.20. The van der Waals surface area contributed by atoms with E-state index in [1.165, 1.54) is 6.20 Å². The first-order valence-electron chi connectivity index (χ1n) is 5.84. The molecule has 0 spiro atoms. The summed E-state index contributed by atoms with van der Waals surface area (Å²) in [5.41, 5.74) is 0.794. The lowest BCUT2D eigenvalue weighted by atomic mass is 10.1. The summed E-state index contributed by atoms with van der Waals surface area (Å²) in [5, 5.41) is 3.17. The molecule has 0 radical (unpaired) electrons. The molecule has 0 saturated carbocycles. The summed E-state index contributed by atoms with van der Waals surface area (Å²) in [6, 6.07) is 3.32. The maximum absolute atomic E-state index is 14.2. The molecule has 0 aliphatic carbocycles. The van der Waals surface area contributed by atoms with Gasteiger partial charge in [-0.2, -0.15) is 0 Å². The SMILES string of the molecule is CCCNc1nccnc1-c1ccc(Br)c(Cl)c1F. The second kappa shape index (κ2) is 6.30. The van der Waals surface area contributed by atoms with Gasteiger partial charge in [-0.25, -0.2) is 9.37 Å². The third kappa shape index (κ3) is 3.04. The van der Waals surface area contributed by atoms with Crippen LogP contribution in [0.1, 0.15) is 13.3 Å². The summed E-state index contributed by atoms with van der Waals surface area (Å²) in [5.74, 6) is 0.0535. The Morgan fingerprint density at radius 1 is 1.32 bits per heavy atom. The van der Waals surface area contributed by atoms with E-state index < -0.39 is 5.82 Å². The van der Waals surface area contributed by atoms with Crippen molar-refractivity contribution in [3.8, 4) is 11.3 Å². The first-order chi connectivity index (χ1) is 9.15. The van der Waals surface area contributed by atoms with Crippen LogP contribution >= 0.6 is 27.5 Å². The summed E-state index contributed by atoms with van der Waals surface area (Å²) < 4.78 is 14.7. The van der Waals surface area contributed by atoms with Gasteiger partial charge in [0.2, 0.25) is 0 Å². The van der Waals surface area contributed by atoms with E-state index in [2.05, 4.69) is 31.2 Å². The molecule has 19 heavy (non-hydrogen) atoms. The Balaban J connectivity index is 2.50. The van der Waals surface area contributed by atoms with Crippen molar-refractivity contribution in [2.45, 2.75) is 13.3 Å². The number of aromatic nitrogens is 2. The molecule has 2 aromatic rings. The molecule has 0 fully saturated rings. The van der Waals surface area contributed by atoms with E-state index in [1.54, 1.807) is 18.3 Å². The van der Waals surface area contributed by atoms with E-state index in [0.717, 1.165) is 13.0 Å². The predicted molar refractivity (Wildman–Crippen MR) is 78.9 cm³/mol. The first kappa shape index (κ1) is 14.2. The van der Waals surface area contributed by atoms with Crippen molar-refractivity contribution in [3.63, 3.8) is 0 Å². The van der Waals surface area contributed by atoms with Gasteiger partial charge in [0, 0.05) is 29.0 Å². The lowest BCUT2D eigenvalue weighted by Gasteiger charge is -2.11. The summed E-state index contributed by atoms with van der Waals surface area (Å²) in [6.45, 7) is 2.79. The van der Waals surface area contributed by atoms with Crippen molar-refractivity contribution in [1.82, 2.24) is 9.97 Å². The predicted octanol–water partition coefficient (Wildman–Crippen LogP) is 4.52. The van der Waals surface area contributed by atoms with Gasteiger partial charge in [0.1, 0.15) is 5.69 Å². The molecule has 1 N–H and O–H groups in total. The van der Waals surface area contributed by atoms with Crippen LogP contribution < -0.4 is 5.32 Å². The number of benzene rings is 1. The molecular weight excluding hydrogens is 333 g/mol. The molecule has 0 atom stereocenters. The lowest BCUT2D eigenvalue weighted by Crippen LogP contribution is -2.05. The van der Waals surface area contributed by atoms with Crippen LogP contribution in [0.4, 0.5) is 10.2 Å². The quantitative estimate of drug-likeness (QED) is 0.829. The van der Waals surface area contributed by atoms with Gasteiger partial charge in [-0.15, -0.1) is 0 Å².